The van der Waals surface area contributed by atoms with Crippen molar-refractivity contribution in [1.82, 2.24) is 9.78 Å². The highest BCUT2D eigenvalue weighted by Gasteiger charge is 2.20. The Morgan fingerprint density at radius 1 is 1.21 bits per heavy atom. The third-order valence-corrected chi connectivity index (χ3v) is 5.29. The van der Waals surface area contributed by atoms with Crippen LogP contribution in [0.4, 0.5) is 5.69 Å². The summed E-state index contributed by atoms with van der Waals surface area (Å²) in [5.74, 6) is 1.19. The van der Waals surface area contributed by atoms with Crippen molar-refractivity contribution < 1.29 is 14.3 Å². The average Bonchev–Trinajstić information content (AvgIpc) is 3.30. The molecule has 0 atom stereocenters. The van der Waals surface area contributed by atoms with Gasteiger partial charge in [0.1, 0.15) is 0 Å². The van der Waals surface area contributed by atoms with Gasteiger partial charge in [-0.15, -0.1) is 0 Å². The molecule has 4 rings (SSSR count). The number of anilines is 1. The number of aryl methyl sites for hydroxylation is 1. The summed E-state index contributed by atoms with van der Waals surface area (Å²) in [7, 11) is 1.74. The van der Waals surface area contributed by atoms with Crippen LogP contribution in [0.25, 0.3) is 5.69 Å². The number of hydrogen-bond acceptors (Lipinski definition) is 4. The van der Waals surface area contributed by atoms with Crippen LogP contribution in [0.1, 0.15) is 28.7 Å². The maximum atomic E-state index is 13.1. The number of aromatic nitrogens is 2. The van der Waals surface area contributed by atoms with Gasteiger partial charge in [-0.1, -0.05) is 24.6 Å². The van der Waals surface area contributed by atoms with Crippen molar-refractivity contribution in [2.24, 2.45) is 0 Å². The van der Waals surface area contributed by atoms with Gasteiger partial charge in [0.05, 0.1) is 22.1 Å². The van der Waals surface area contributed by atoms with Crippen molar-refractivity contribution >= 4 is 23.2 Å². The fraction of sp³-hybridized carbons (Fsp3) is 0.238. The predicted octanol–water partition coefficient (Wildman–Crippen LogP) is 4.40. The Kier molecular flexibility index (Phi) is 4.73. The largest absolute Gasteiger partial charge is 0.454 e. The zero-order valence-corrected chi connectivity index (χ0v) is 16.7. The Morgan fingerprint density at radius 2 is 2.00 bits per heavy atom. The van der Waals surface area contributed by atoms with Crippen molar-refractivity contribution in [3.8, 4) is 17.2 Å². The minimum Gasteiger partial charge on any atom is -0.454 e. The fourth-order valence-corrected chi connectivity index (χ4v) is 3.50. The Labute approximate surface area is 168 Å². The van der Waals surface area contributed by atoms with Gasteiger partial charge in [-0.05, 0) is 43.7 Å². The van der Waals surface area contributed by atoms with Gasteiger partial charge in [-0.25, -0.2) is 4.68 Å². The third-order valence-electron chi connectivity index (χ3n) is 4.80. The molecule has 0 saturated heterocycles. The van der Waals surface area contributed by atoms with E-state index in [1.54, 1.807) is 34.8 Å². The normalized spacial score (nSPS) is 12.3. The number of fused-ring (bicyclic) bond motifs is 1. The molecule has 6 nitrogen and oxygen atoms in total. The maximum absolute atomic E-state index is 13.1. The number of carbonyl (C=O) groups excluding carboxylic acids is 1. The molecule has 7 heteroatoms. The number of nitrogens with zero attached hydrogens (tertiary/aromatic N) is 3. The van der Waals surface area contributed by atoms with Gasteiger partial charge in [0.15, 0.2) is 11.5 Å². The first-order valence-electron chi connectivity index (χ1n) is 9.01. The molecule has 0 fully saturated rings. The van der Waals surface area contributed by atoms with Gasteiger partial charge in [0, 0.05) is 24.4 Å². The minimum absolute atomic E-state index is 0.131. The van der Waals surface area contributed by atoms with Gasteiger partial charge in [0.25, 0.3) is 5.91 Å². The molecule has 1 aliphatic heterocycles. The molecule has 3 aromatic rings. The highest BCUT2D eigenvalue weighted by molar-refractivity contribution is 6.31. The molecule has 0 radical (unpaired) electrons. The lowest BCUT2D eigenvalue weighted by molar-refractivity contribution is 0.0993. The van der Waals surface area contributed by atoms with Crippen LogP contribution >= 0.6 is 11.6 Å². The number of amides is 1. The Morgan fingerprint density at radius 3 is 2.79 bits per heavy atom. The second-order valence-corrected chi connectivity index (χ2v) is 6.94. The molecular formula is C21H20ClN3O3. The molecule has 2 heterocycles. The zero-order chi connectivity index (χ0) is 19.8. The average molecular weight is 398 g/mol. The van der Waals surface area contributed by atoms with Gasteiger partial charge < -0.3 is 14.4 Å². The van der Waals surface area contributed by atoms with Gasteiger partial charge in [-0.2, -0.15) is 5.10 Å². The van der Waals surface area contributed by atoms with Crippen LogP contribution in [-0.2, 0) is 6.42 Å². The van der Waals surface area contributed by atoms with Crippen molar-refractivity contribution in [3.63, 3.8) is 0 Å². The summed E-state index contributed by atoms with van der Waals surface area (Å²) in [6.07, 6.45) is 0.745. The van der Waals surface area contributed by atoms with Crippen LogP contribution in [0.5, 0.6) is 11.5 Å². The van der Waals surface area contributed by atoms with E-state index in [4.69, 9.17) is 21.1 Å². The van der Waals surface area contributed by atoms with Crippen LogP contribution < -0.4 is 14.4 Å². The molecule has 0 aliphatic carbocycles. The summed E-state index contributed by atoms with van der Waals surface area (Å²) in [4.78, 5) is 14.6. The van der Waals surface area contributed by atoms with Crippen molar-refractivity contribution in [2.45, 2.75) is 20.3 Å². The molecule has 28 heavy (non-hydrogen) atoms. The number of halogens is 1. The van der Waals surface area contributed by atoms with Crippen molar-refractivity contribution in [1.29, 1.82) is 0 Å². The highest BCUT2D eigenvalue weighted by atomic mass is 35.5. The number of benzene rings is 2. The number of carbonyl (C=O) groups is 1. The van der Waals surface area contributed by atoms with E-state index in [1.165, 1.54) is 0 Å². The van der Waals surface area contributed by atoms with Crippen molar-refractivity contribution in [2.75, 3.05) is 18.7 Å². The van der Waals surface area contributed by atoms with E-state index in [0.29, 0.717) is 22.1 Å². The lowest BCUT2D eigenvalue weighted by atomic mass is 10.1. The van der Waals surface area contributed by atoms with E-state index in [0.717, 1.165) is 29.2 Å². The topological polar surface area (TPSA) is 56.6 Å². The van der Waals surface area contributed by atoms with Crippen LogP contribution in [0.2, 0.25) is 5.02 Å². The van der Waals surface area contributed by atoms with Gasteiger partial charge in [0.2, 0.25) is 6.79 Å². The summed E-state index contributed by atoms with van der Waals surface area (Å²) in [5.41, 5.74) is 3.79. The van der Waals surface area contributed by atoms with Crippen LogP contribution in [0, 0.1) is 6.92 Å². The van der Waals surface area contributed by atoms with E-state index >= 15 is 0 Å². The van der Waals surface area contributed by atoms with Gasteiger partial charge >= 0.3 is 0 Å². The van der Waals surface area contributed by atoms with E-state index in [9.17, 15) is 4.79 Å². The molecule has 0 spiro atoms. The number of rotatable bonds is 4. The fourth-order valence-electron chi connectivity index (χ4n) is 3.25. The minimum atomic E-state index is -0.131. The maximum Gasteiger partial charge on any atom is 0.258 e. The van der Waals surface area contributed by atoms with Gasteiger partial charge in [-0.3, -0.25) is 4.79 Å². The third kappa shape index (κ3) is 3.10. The Hall–Kier alpha value is -2.99. The Bertz CT molecular complexity index is 1060. The molecule has 1 aliphatic rings. The lowest BCUT2D eigenvalue weighted by Gasteiger charge is -2.18. The lowest BCUT2D eigenvalue weighted by Crippen LogP contribution is -2.26. The van der Waals surface area contributed by atoms with E-state index in [-0.39, 0.29) is 12.7 Å². The zero-order valence-electron chi connectivity index (χ0n) is 15.9. The quantitative estimate of drug-likeness (QED) is 0.654. The molecule has 0 bridgehead atoms. The predicted molar refractivity (Wildman–Crippen MR) is 108 cm³/mol. The monoisotopic (exact) mass is 397 g/mol. The van der Waals surface area contributed by atoms with Crippen LogP contribution in [0.3, 0.4) is 0 Å². The highest BCUT2D eigenvalue weighted by Crippen LogP contribution is 2.35. The molecule has 144 valence electrons. The molecule has 0 N–H and O–H groups in total. The second-order valence-electron chi connectivity index (χ2n) is 6.56. The van der Waals surface area contributed by atoms with Crippen LogP contribution in [0.15, 0.2) is 42.5 Å². The van der Waals surface area contributed by atoms with E-state index in [2.05, 4.69) is 5.10 Å². The number of ether oxygens (including phenoxy) is 2. The molecule has 2 aromatic carbocycles. The SMILES string of the molecule is CCc1c(Cl)c(C)nn1-c1cccc(C(=O)N(C)c2ccc3c(c2)OCO3)c1. The Balaban J connectivity index is 1.66. The molecular weight excluding hydrogens is 378 g/mol. The summed E-state index contributed by atoms with van der Waals surface area (Å²) >= 11 is 6.36. The molecule has 1 amide bonds. The van der Waals surface area contributed by atoms with E-state index in [1.807, 2.05) is 38.1 Å². The molecule has 0 unspecified atom stereocenters. The smallest absolute Gasteiger partial charge is 0.258 e. The summed E-state index contributed by atoms with van der Waals surface area (Å²) in [6, 6.07) is 12.8. The first-order chi connectivity index (χ1) is 13.5. The van der Waals surface area contributed by atoms with Crippen molar-refractivity contribution in [3.05, 3.63) is 64.4 Å². The molecule has 0 saturated carbocycles. The van der Waals surface area contributed by atoms with Crippen LogP contribution in [-0.4, -0.2) is 29.5 Å². The summed E-state index contributed by atoms with van der Waals surface area (Å²) < 4.78 is 12.5. The molecule has 1 aromatic heterocycles. The standard InChI is InChI=1S/C21H20ClN3O3/c1-4-17-20(22)13(2)23-25(17)16-7-5-6-14(10-16)21(26)24(3)15-8-9-18-19(11-15)28-12-27-18/h5-11H,4,12H2,1-3H3. The first-order valence-corrected chi connectivity index (χ1v) is 9.39. The number of hydrogen-bond donors (Lipinski definition) is 0. The summed E-state index contributed by atoms with van der Waals surface area (Å²) in [6.45, 7) is 4.10. The first kappa shape index (κ1) is 18.4. The van der Waals surface area contributed by atoms with E-state index < -0.39 is 0 Å². The second kappa shape index (κ2) is 7.20. The summed E-state index contributed by atoms with van der Waals surface area (Å²) in [5, 5.41) is 5.19.